The molecule has 40 valence electrons. The van der Waals surface area contributed by atoms with Crippen LogP contribution in [0.5, 0.6) is 0 Å². The van der Waals surface area contributed by atoms with E-state index < -0.39 is 18.7 Å². The van der Waals surface area contributed by atoms with Crippen LogP contribution in [0, 0.1) is 0 Å². The average molecular weight is 143 g/mol. The van der Waals surface area contributed by atoms with Crippen LogP contribution in [0.4, 0.5) is 0 Å². The maximum absolute atomic E-state index is 9.67. The number of hydrogen-bond donors (Lipinski definition) is 0. The lowest BCUT2D eigenvalue weighted by Gasteiger charge is -1.90. The Morgan fingerprint density at radius 2 is 1.71 bits per heavy atom. The van der Waals surface area contributed by atoms with Gasteiger partial charge in [0, 0.05) is 12.5 Å². The predicted octanol–water partition coefficient (Wildman–Crippen LogP) is -0.0646. The molecule has 1 aliphatic rings. The Bertz CT molecular complexity index is 172. The third-order valence-corrected chi connectivity index (χ3v) is 2.74. The fourth-order valence-electron chi connectivity index (χ4n) is 0.155. The normalized spacial score (nSPS) is 26.6. The number of rotatable bonds is 0. The summed E-state index contributed by atoms with van der Waals surface area (Å²) in [4.78, 5) is 0. The van der Waals surface area contributed by atoms with Crippen molar-refractivity contribution < 1.29 is 20.9 Å². The van der Waals surface area contributed by atoms with E-state index in [-0.39, 0.29) is 0 Å². The molecule has 0 aromatic carbocycles. The van der Waals surface area contributed by atoms with E-state index in [0.29, 0.717) is 0 Å². The van der Waals surface area contributed by atoms with E-state index >= 15 is 0 Å². The maximum atomic E-state index is 9.67. The van der Waals surface area contributed by atoms with E-state index in [2.05, 4.69) is 7.94 Å². The molecule has 0 radical (unpaired) electrons. The second-order valence-corrected chi connectivity index (χ2v) is 3.24. The van der Waals surface area contributed by atoms with Crippen LogP contribution in [-0.4, -0.2) is 8.42 Å². The molecule has 1 rings (SSSR count). The minimum Gasteiger partial charge on any atom is -0.162 e. The van der Waals surface area contributed by atoms with Crippen molar-refractivity contribution in [2.45, 2.75) is 0 Å². The van der Waals surface area contributed by atoms with Crippen molar-refractivity contribution in [1.82, 2.24) is 0 Å². The van der Waals surface area contributed by atoms with Crippen molar-refractivity contribution in [3.8, 4) is 0 Å². The smallest absolute Gasteiger partial charge is 0.162 e. The van der Waals surface area contributed by atoms with Gasteiger partial charge in [-0.1, -0.05) is 0 Å². The first kappa shape index (κ1) is 5.11. The molecule has 0 N–H and O–H groups in total. The van der Waals surface area contributed by atoms with Gasteiger partial charge in [0.1, 0.15) is 0 Å². The van der Waals surface area contributed by atoms with Gasteiger partial charge in [-0.15, -0.1) is 0 Å². The van der Waals surface area contributed by atoms with Gasteiger partial charge in [0.15, 0.2) is 0 Å². The Morgan fingerprint density at radius 1 is 1.29 bits per heavy atom. The molecule has 0 atom stereocenters. The fraction of sp³-hybridized carbons (Fsp3) is 0. The number of hydrogen-bond acceptors (Lipinski definition) is 5. The van der Waals surface area contributed by atoms with Crippen molar-refractivity contribution in [2.75, 3.05) is 0 Å². The van der Waals surface area contributed by atoms with E-state index in [4.69, 9.17) is 0 Å². The highest BCUT2D eigenvalue weighted by molar-refractivity contribution is 7.93. The topological polar surface area (TPSA) is 69.7 Å². The minimum atomic E-state index is -3.81. The summed E-state index contributed by atoms with van der Waals surface area (Å²) in [6.07, 6.45) is 0. The standard InChI is InChI=1S/O5PS/c1-6-4-7(2,3)5-6/q+1. The molecule has 0 bridgehead atoms. The van der Waals surface area contributed by atoms with Gasteiger partial charge in [-0.05, 0) is 0 Å². The van der Waals surface area contributed by atoms with E-state index in [0.717, 1.165) is 0 Å². The summed E-state index contributed by atoms with van der Waals surface area (Å²) in [5.41, 5.74) is 0. The second-order valence-electron chi connectivity index (χ2n) is 0.781. The van der Waals surface area contributed by atoms with E-state index in [1.807, 2.05) is 0 Å². The lowest BCUT2D eigenvalue weighted by Crippen LogP contribution is -2.10. The Morgan fingerprint density at radius 3 is 1.71 bits per heavy atom. The first-order valence-electron chi connectivity index (χ1n) is 1.21. The van der Waals surface area contributed by atoms with Gasteiger partial charge in [-0.25, -0.2) is 0 Å². The van der Waals surface area contributed by atoms with Gasteiger partial charge >= 0.3 is 18.7 Å². The lowest BCUT2D eigenvalue weighted by molar-refractivity contribution is 0.307. The molecule has 1 heterocycles. The second kappa shape index (κ2) is 1.23. The van der Waals surface area contributed by atoms with E-state index in [1.165, 1.54) is 0 Å². The molecule has 0 aromatic heterocycles. The van der Waals surface area contributed by atoms with E-state index in [1.54, 1.807) is 0 Å². The first-order valence-corrected chi connectivity index (χ1v) is 3.64. The highest BCUT2D eigenvalue weighted by Gasteiger charge is 2.52. The summed E-state index contributed by atoms with van der Waals surface area (Å²) in [5.74, 6) is 0. The quantitative estimate of drug-likeness (QED) is 0.444. The molecule has 0 aromatic rings. The zero-order valence-electron chi connectivity index (χ0n) is 2.90. The first-order chi connectivity index (χ1) is 3.10. The maximum Gasteiger partial charge on any atom is 0.736 e. The third kappa shape index (κ3) is 0.947. The Hall–Kier alpha value is -0.0300. The van der Waals surface area contributed by atoms with Crippen LogP contribution in [0.1, 0.15) is 0 Å². The van der Waals surface area contributed by atoms with Gasteiger partial charge < -0.3 is 0 Å². The van der Waals surface area contributed by atoms with Crippen LogP contribution >= 0.6 is 8.25 Å². The van der Waals surface area contributed by atoms with Crippen LogP contribution in [0.2, 0.25) is 0 Å². The molecule has 0 amide bonds. The molecule has 1 aliphatic heterocycles. The van der Waals surface area contributed by atoms with Gasteiger partial charge in [0.05, 0.1) is 0 Å². The van der Waals surface area contributed by atoms with Crippen molar-refractivity contribution >= 4 is 18.7 Å². The Balaban J connectivity index is 2.79. The summed E-state index contributed by atoms with van der Waals surface area (Å²) < 4.78 is 36.1. The molecule has 0 saturated carbocycles. The van der Waals surface area contributed by atoms with Crippen molar-refractivity contribution in [3.05, 3.63) is 0 Å². The zero-order valence-corrected chi connectivity index (χ0v) is 4.61. The van der Waals surface area contributed by atoms with Crippen molar-refractivity contribution in [1.29, 1.82) is 0 Å². The molecule has 0 aliphatic carbocycles. The van der Waals surface area contributed by atoms with Gasteiger partial charge in [0.2, 0.25) is 0 Å². The van der Waals surface area contributed by atoms with Crippen LogP contribution in [0.15, 0.2) is 0 Å². The molecule has 1 saturated heterocycles. The van der Waals surface area contributed by atoms with Crippen LogP contribution in [0.3, 0.4) is 0 Å². The summed E-state index contributed by atoms with van der Waals surface area (Å²) in [6, 6.07) is 0. The van der Waals surface area contributed by atoms with Crippen molar-refractivity contribution in [2.24, 2.45) is 0 Å². The molecule has 1 fully saturated rings. The lowest BCUT2D eigenvalue weighted by atomic mass is 15.7. The zero-order chi connectivity index (χ0) is 5.49. The molecule has 5 nitrogen and oxygen atoms in total. The van der Waals surface area contributed by atoms with Crippen LogP contribution < -0.4 is 0 Å². The van der Waals surface area contributed by atoms with Gasteiger partial charge in [0.25, 0.3) is 0 Å². The highest BCUT2D eigenvalue weighted by Crippen LogP contribution is 2.40. The average Bonchev–Trinajstić information content (AvgIpc) is 1.27. The third-order valence-electron chi connectivity index (χ3n) is 0.304. The Kier molecular flexibility index (Phi) is 0.895. The van der Waals surface area contributed by atoms with Gasteiger partial charge in [-0.2, -0.15) is 8.42 Å². The van der Waals surface area contributed by atoms with Crippen LogP contribution in [-0.2, 0) is 22.9 Å². The molecule has 7 heteroatoms. The Labute approximate surface area is 40.5 Å². The van der Waals surface area contributed by atoms with E-state index in [9.17, 15) is 13.0 Å². The monoisotopic (exact) mass is 143 g/mol. The summed E-state index contributed by atoms with van der Waals surface area (Å²) >= 11 is 0. The summed E-state index contributed by atoms with van der Waals surface area (Å²) in [6.45, 7) is 0. The summed E-state index contributed by atoms with van der Waals surface area (Å²) in [7, 11) is -6.16. The SMILES string of the molecule is O=[P+]1OS(=O)(=O)O1. The van der Waals surface area contributed by atoms with Gasteiger partial charge in [-0.3, -0.25) is 0 Å². The molecule has 7 heavy (non-hydrogen) atoms. The molecular formula is O5PS+. The summed E-state index contributed by atoms with van der Waals surface area (Å²) in [5, 5.41) is 0. The largest absolute Gasteiger partial charge is 0.736 e. The van der Waals surface area contributed by atoms with Crippen molar-refractivity contribution in [3.63, 3.8) is 0 Å². The molecule has 0 spiro atoms. The minimum absolute atomic E-state index is 2.34. The fourth-order valence-corrected chi connectivity index (χ4v) is 1.39. The molecule has 0 unspecified atom stereocenters. The highest BCUT2D eigenvalue weighted by atomic mass is 32.3. The molecular weight excluding hydrogens is 143 g/mol. The predicted molar refractivity (Wildman–Crippen MR) is 18.7 cm³/mol. The van der Waals surface area contributed by atoms with Crippen LogP contribution in [0.25, 0.3) is 0 Å².